The van der Waals surface area contributed by atoms with Crippen LogP contribution in [0.25, 0.3) is 11.1 Å². The molecule has 0 saturated heterocycles. The smallest absolute Gasteiger partial charge is 0.355 e. The molecular weight excluding hydrogens is 241 g/mol. The number of aromatic amines is 1. The highest BCUT2D eigenvalue weighted by molar-refractivity contribution is 5.68. The molecule has 1 aromatic carbocycles. The summed E-state index contributed by atoms with van der Waals surface area (Å²) in [6.45, 7) is 1.57. The van der Waals surface area contributed by atoms with Crippen LogP contribution in [-0.4, -0.2) is 4.98 Å². The topological polar surface area (TPSA) is 39.6 Å². The fourth-order valence-corrected chi connectivity index (χ4v) is 1.77. The molecule has 1 N–H and O–H groups in total. The van der Waals surface area contributed by atoms with Crippen molar-refractivity contribution in [3.05, 3.63) is 47.3 Å². The number of benzene rings is 1. The van der Waals surface area contributed by atoms with Gasteiger partial charge in [0.15, 0.2) is 0 Å². The van der Waals surface area contributed by atoms with E-state index in [2.05, 4.69) is 4.98 Å². The fraction of sp³-hybridized carbons (Fsp3) is 0.154. The molecule has 0 aliphatic rings. The van der Waals surface area contributed by atoms with E-state index in [1.807, 2.05) is 6.07 Å². The number of halogens is 3. The van der Waals surface area contributed by atoms with Gasteiger partial charge in [-0.2, -0.15) is 18.4 Å². The number of rotatable bonds is 1. The minimum Gasteiger partial charge on any atom is -0.355 e. The summed E-state index contributed by atoms with van der Waals surface area (Å²) in [5, 5.41) is 8.77. The second-order valence-corrected chi connectivity index (χ2v) is 3.91. The third-order valence-electron chi connectivity index (χ3n) is 2.62. The van der Waals surface area contributed by atoms with Crippen LogP contribution in [0.15, 0.2) is 30.3 Å². The SMILES string of the molecule is Cc1[nH]c(C(F)(F)F)cc1-c1cccc(C#N)c1. The summed E-state index contributed by atoms with van der Waals surface area (Å²) in [7, 11) is 0. The Morgan fingerprint density at radius 3 is 2.50 bits per heavy atom. The molecule has 1 heterocycles. The van der Waals surface area contributed by atoms with Crippen LogP contribution in [-0.2, 0) is 6.18 Å². The molecule has 0 aliphatic heterocycles. The average Bonchev–Trinajstić information content (AvgIpc) is 2.71. The van der Waals surface area contributed by atoms with Crippen LogP contribution in [0.2, 0.25) is 0 Å². The highest BCUT2D eigenvalue weighted by atomic mass is 19.4. The predicted octanol–water partition coefficient (Wildman–Crippen LogP) is 3.88. The second kappa shape index (κ2) is 4.22. The van der Waals surface area contributed by atoms with E-state index in [-0.39, 0.29) is 0 Å². The molecule has 0 fully saturated rings. The Hall–Kier alpha value is -2.22. The van der Waals surface area contributed by atoms with E-state index >= 15 is 0 Å². The van der Waals surface area contributed by atoms with Gasteiger partial charge in [0.1, 0.15) is 5.69 Å². The van der Waals surface area contributed by atoms with Crippen LogP contribution in [0.1, 0.15) is 17.0 Å². The molecule has 0 amide bonds. The van der Waals surface area contributed by atoms with Crippen molar-refractivity contribution >= 4 is 0 Å². The van der Waals surface area contributed by atoms with E-state index in [0.717, 1.165) is 6.07 Å². The molecule has 1 aromatic heterocycles. The number of nitrogens with one attached hydrogen (secondary N) is 1. The summed E-state index contributed by atoms with van der Waals surface area (Å²) >= 11 is 0. The van der Waals surface area contributed by atoms with Crippen molar-refractivity contribution in [3.8, 4) is 17.2 Å². The zero-order valence-electron chi connectivity index (χ0n) is 9.47. The van der Waals surface area contributed by atoms with Crippen molar-refractivity contribution < 1.29 is 13.2 Å². The average molecular weight is 250 g/mol. The van der Waals surface area contributed by atoms with E-state index in [4.69, 9.17) is 5.26 Å². The van der Waals surface area contributed by atoms with Gasteiger partial charge >= 0.3 is 6.18 Å². The van der Waals surface area contributed by atoms with Crippen molar-refractivity contribution in [3.63, 3.8) is 0 Å². The minimum atomic E-state index is -4.39. The Kier molecular flexibility index (Phi) is 2.87. The van der Waals surface area contributed by atoms with Crippen molar-refractivity contribution in [1.82, 2.24) is 4.98 Å². The Morgan fingerprint density at radius 1 is 1.22 bits per heavy atom. The maximum Gasteiger partial charge on any atom is 0.431 e. The van der Waals surface area contributed by atoms with Crippen molar-refractivity contribution in [1.29, 1.82) is 5.26 Å². The summed E-state index contributed by atoms with van der Waals surface area (Å²) in [4.78, 5) is 2.31. The van der Waals surface area contributed by atoms with E-state index < -0.39 is 11.9 Å². The molecule has 0 spiro atoms. The number of nitriles is 1. The predicted molar refractivity (Wildman–Crippen MR) is 60.7 cm³/mol. The van der Waals surface area contributed by atoms with Gasteiger partial charge < -0.3 is 4.98 Å². The van der Waals surface area contributed by atoms with Crippen molar-refractivity contribution in [2.75, 3.05) is 0 Å². The lowest BCUT2D eigenvalue weighted by Crippen LogP contribution is -2.04. The van der Waals surface area contributed by atoms with Crippen LogP contribution < -0.4 is 0 Å². The molecule has 92 valence electrons. The van der Waals surface area contributed by atoms with Gasteiger partial charge in [-0.15, -0.1) is 0 Å². The molecule has 0 atom stereocenters. The number of hydrogen-bond acceptors (Lipinski definition) is 1. The molecule has 2 rings (SSSR count). The van der Waals surface area contributed by atoms with Gasteiger partial charge in [-0.05, 0) is 30.7 Å². The van der Waals surface area contributed by atoms with E-state index in [0.29, 0.717) is 22.4 Å². The molecular formula is C13H9F3N2. The quantitative estimate of drug-likeness (QED) is 0.819. The van der Waals surface area contributed by atoms with Crippen LogP contribution in [0.3, 0.4) is 0 Å². The van der Waals surface area contributed by atoms with Gasteiger partial charge in [0.05, 0.1) is 11.6 Å². The number of aromatic nitrogens is 1. The lowest BCUT2D eigenvalue weighted by Gasteiger charge is -2.01. The van der Waals surface area contributed by atoms with Crippen LogP contribution in [0.4, 0.5) is 13.2 Å². The van der Waals surface area contributed by atoms with Gasteiger partial charge in [0.25, 0.3) is 0 Å². The lowest BCUT2D eigenvalue weighted by atomic mass is 10.0. The van der Waals surface area contributed by atoms with Gasteiger partial charge in [-0.1, -0.05) is 12.1 Å². The Morgan fingerprint density at radius 2 is 1.94 bits per heavy atom. The highest BCUT2D eigenvalue weighted by Crippen LogP contribution is 2.33. The first-order chi connectivity index (χ1) is 8.41. The second-order valence-electron chi connectivity index (χ2n) is 3.91. The summed E-state index contributed by atoms with van der Waals surface area (Å²) in [5.41, 5.74) is 1.12. The first-order valence-electron chi connectivity index (χ1n) is 5.19. The molecule has 0 radical (unpaired) electrons. The fourth-order valence-electron chi connectivity index (χ4n) is 1.77. The third kappa shape index (κ3) is 2.23. The van der Waals surface area contributed by atoms with E-state index in [1.165, 1.54) is 0 Å². The van der Waals surface area contributed by atoms with Crippen molar-refractivity contribution in [2.24, 2.45) is 0 Å². The Balaban J connectivity index is 2.52. The first kappa shape index (κ1) is 12.2. The first-order valence-corrected chi connectivity index (χ1v) is 5.19. The molecule has 2 aromatic rings. The zero-order chi connectivity index (χ0) is 13.3. The lowest BCUT2D eigenvalue weighted by molar-refractivity contribution is -0.140. The number of H-pyrrole nitrogens is 1. The molecule has 5 heteroatoms. The summed E-state index contributed by atoms with van der Waals surface area (Å²) < 4.78 is 37.7. The van der Waals surface area contributed by atoms with Crippen LogP contribution >= 0.6 is 0 Å². The van der Waals surface area contributed by atoms with Gasteiger partial charge in [-0.3, -0.25) is 0 Å². The molecule has 0 saturated carbocycles. The molecule has 18 heavy (non-hydrogen) atoms. The Bertz CT molecular complexity index is 618. The zero-order valence-corrected chi connectivity index (χ0v) is 9.47. The normalized spacial score (nSPS) is 11.3. The van der Waals surface area contributed by atoms with Gasteiger partial charge in [0, 0.05) is 11.3 Å². The number of hydrogen-bond donors (Lipinski definition) is 1. The van der Waals surface area contributed by atoms with E-state index in [9.17, 15) is 13.2 Å². The number of aryl methyl sites for hydroxylation is 1. The van der Waals surface area contributed by atoms with Gasteiger partial charge in [0.2, 0.25) is 0 Å². The molecule has 0 bridgehead atoms. The summed E-state index contributed by atoms with van der Waals surface area (Å²) in [5.74, 6) is 0. The standard InChI is InChI=1S/C13H9F3N2/c1-8-11(6-12(18-8)13(14,15)16)10-4-2-3-9(5-10)7-17/h2-6,18H,1H3. The van der Waals surface area contributed by atoms with Crippen LogP contribution in [0.5, 0.6) is 0 Å². The third-order valence-corrected chi connectivity index (χ3v) is 2.62. The van der Waals surface area contributed by atoms with Gasteiger partial charge in [-0.25, -0.2) is 0 Å². The largest absolute Gasteiger partial charge is 0.431 e. The van der Waals surface area contributed by atoms with E-state index in [1.54, 1.807) is 31.2 Å². The monoisotopic (exact) mass is 250 g/mol. The minimum absolute atomic E-state index is 0.418. The highest BCUT2D eigenvalue weighted by Gasteiger charge is 2.33. The molecule has 2 nitrogen and oxygen atoms in total. The number of alkyl halides is 3. The summed E-state index contributed by atoms with van der Waals surface area (Å²) in [6, 6.07) is 9.52. The molecule has 0 aliphatic carbocycles. The molecule has 0 unspecified atom stereocenters. The number of nitrogens with zero attached hydrogens (tertiary/aromatic N) is 1. The summed E-state index contributed by atoms with van der Waals surface area (Å²) in [6.07, 6.45) is -4.39. The Labute approximate surface area is 102 Å². The van der Waals surface area contributed by atoms with Crippen molar-refractivity contribution in [2.45, 2.75) is 13.1 Å². The maximum absolute atomic E-state index is 12.6. The maximum atomic E-state index is 12.6. The van der Waals surface area contributed by atoms with Crippen LogP contribution in [0, 0.1) is 18.3 Å².